The molecule has 0 atom stereocenters. The molecule has 0 saturated heterocycles. The molecule has 0 unspecified atom stereocenters. The number of hydrogen-bond donors (Lipinski definition) is 2. The fraction of sp³-hybridized carbons (Fsp3) is 0.667. The number of aliphatic carboxylic acids is 1. The Morgan fingerprint density at radius 2 is 2.12 bits per heavy atom. The fourth-order valence-electron chi connectivity index (χ4n) is 1.30. The van der Waals surface area contributed by atoms with Crippen LogP contribution in [0.15, 0.2) is 0 Å². The number of urea groups is 1. The second kappa shape index (κ2) is 8.45. The molecule has 0 heterocycles. The molecule has 0 aliphatic heterocycles. The molecule has 0 aromatic heterocycles. The lowest BCUT2D eigenvalue weighted by atomic mass is 10.3. The van der Waals surface area contributed by atoms with E-state index in [9.17, 15) is 9.59 Å². The van der Waals surface area contributed by atoms with Gasteiger partial charge in [0.25, 0.3) is 0 Å². The Balaban J connectivity index is 4.07. The Bertz CT molecular complexity index is 295. The van der Waals surface area contributed by atoms with E-state index in [1.807, 2.05) is 13.8 Å². The molecule has 0 bridgehead atoms. The molecule has 0 fully saturated rings. The molecular weight excluding hydrogens is 220 g/mol. The topological polar surface area (TPSA) is 69.6 Å². The van der Waals surface area contributed by atoms with E-state index in [1.54, 1.807) is 0 Å². The molecule has 17 heavy (non-hydrogen) atoms. The van der Waals surface area contributed by atoms with Gasteiger partial charge < -0.3 is 15.3 Å². The second-order valence-electron chi connectivity index (χ2n) is 3.97. The van der Waals surface area contributed by atoms with Crippen LogP contribution >= 0.6 is 0 Å². The number of terminal acetylenes is 1. The van der Waals surface area contributed by atoms with Crippen LogP contribution in [0.4, 0.5) is 4.79 Å². The third kappa shape index (κ3) is 7.23. The van der Waals surface area contributed by atoms with Gasteiger partial charge in [-0.3, -0.25) is 4.79 Å². The number of unbranched alkanes of at least 4 members (excludes halogenated alkanes) is 1. The van der Waals surface area contributed by atoms with Crippen LogP contribution in [0.3, 0.4) is 0 Å². The Kier molecular flexibility index (Phi) is 7.61. The standard InChI is InChI=1S/C12H20N2O3/c1-4-5-6-8-13-12(17)14(10(2)3)9-7-11(15)16/h1,10H,5-9H2,2-3H3,(H,13,17)(H,15,16). The van der Waals surface area contributed by atoms with E-state index < -0.39 is 5.97 Å². The normalized spacial score (nSPS) is 9.76. The first-order chi connectivity index (χ1) is 7.99. The molecule has 0 radical (unpaired) electrons. The number of carboxylic acids is 1. The quantitative estimate of drug-likeness (QED) is 0.520. The van der Waals surface area contributed by atoms with Gasteiger partial charge in [-0.1, -0.05) is 0 Å². The summed E-state index contributed by atoms with van der Waals surface area (Å²) in [6.45, 7) is 4.43. The summed E-state index contributed by atoms with van der Waals surface area (Å²) in [5.41, 5.74) is 0. The lowest BCUT2D eigenvalue weighted by Crippen LogP contribution is -2.45. The van der Waals surface area contributed by atoms with E-state index in [2.05, 4.69) is 11.2 Å². The van der Waals surface area contributed by atoms with Crippen molar-refractivity contribution in [3.63, 3.8) is 0 Å². The lowest BCUT2D eigenvalue weighted by molar-refractivity contribution is -0.137. The molecule has 0 aliphatic rings. The minimum Gasteiger partial charge on any atom is -0.481 e. The molecule has 0 aromatic carbocycles. The van der Waals surface area contributed by atoms with Gasteiger partial charge in [0.15, 0.2) is 0 Å². The number of carboxylic acid groups (broad SMARTS) is 1. The maximum Gasteiger partial charge on any atom is 0.317 e. The van der Waals surface area contributed by atoms with Crippen molar-refractivity contribution < 1.29 is 14.7 Å². The first-order valence-electron chi connectivity index (χ1n) is 5.68. The zero-order chi connectivity index (χ0) is 13.3. The van der Waals surface area contributed by atoms with Gasteiger partial charge in [-0.15, -0.1) is 12.3 Å². The first-order valence-corrected chi connectivity index (χ1v) is 5.68. The number of hydrogen-bond acceptors (Lipinski definition) is 2. The van der Waals surface area contributed by atoms with Crippen LogP contribution < -0.4 is 5.32 Å². The maximum atomic E-state index is 11.7. The molecule has 96 valence electrons. The molecule has 2 amide bonds. The highest BCUT2D eigenvalue weighted by Gasteiger charge is 2.16. The molecule has 5 heteroatoms. The van der Waals surface area contributed by atoms with E-state index in [4.69, 9.17) is 11.5 Å². The van der Waals surface area contributed by atoms with E-state index in [1.165, 1.54) is 4.90 Å². The Hall–Kier alpha value is -1.70. The number of amides is 2. The summed E-state index contributed by atoms with van der Waals surface area (Å²) < 4.78 is 0. The van der Waals surface area contributed by atoms with Gasteiger partial charge in [-0.2, -0.15) is 0 Å². The number of rotatable bonds is 7. The van der Waals surface area contributed by atoms with Crippen LogP contribution in [0, 0.1) is 12.3 Å². The van der Waals surface area contributed by atoms with Crippen molar-refractivity contribution in [3.8, 4) is 12.3 Å². The number of carbonyl (C=O) groups excluding carboxylic acids is 1. The van der Waals surface area contributed by atoms with Gasteiger partial charge in [0, 0.05) is 25.6 Å². The highest BCUT2D eigenvalue weighted by molar-refractivity contribution is 5.75. The van der Waals surface area contributed by atoms with E-state index in [0.717, 1.165) is 6.42 Å². The van der Waals surface area contributed by atoms with Crippen LogP contribution in [-0.2, 0) is 4.79 Å². The van der Waals surface area contributed by atoms with Crippen LogP contribution in [-0.4, -0.2) is 41.1 Å². The molecule has 0 aromatic rings. The summed E-state index contributed by atoms with van der Waals surface area (Å²) in [7, 11) is 0. The smallest absolute Gasteiger partial charge is 0.317 e. The van der Waals surface area contributed by atoms with Crippen molar-refractivity contribution in [2.24, 2.45) is 0 Å². The van der Waals surface area contributed by atoms with Gasteiger partial charge in [-0.25, -0.2) is 4.79 Å². The monoisotopic (exact) mass is 240 g/mol. The highest BCUT2D eigenvalue weighted by atomic mass is 16.4. The minimum atomic E-state index is -0.907. The maximum absolute atomic E-state index is 11.7. The van der Waals surface area contributed by atoms with Gasteiger partial charge in [0.2, 0.25) is 0 Å². The summed E-state index contributed by atoms with van der Waals surface area (Å²) in [6.07, 6.45) is 6.40. The summed E-state index contributed by atoms with van der Waals surface area (Å²) >= 11 is 0. The fourth-order valence-corrected chi connectivity index (χ4v) is 1.30. The molecule has 0 aliphatic carbocycles. The largest absolute Gasteiger partial charge is 0.481 e. The average Bonchev–Trinajstić information content (AvgIpc) is 2.23. The Morgan fingerprint density at radius 1 is 1.47 bits per heavy atom. The molecule has 2 N–H and O–H groups in total. The molecule has 5 nitrogen and oxygen atoms in total. The SMILES string of the molecule is C#CCCCNC(=O)N(CCC(=O)O)C(C)C. The van der Waals surface area contributed by atoms with Gasteiger partial charge in [0.1, 0.15) is 0 Å². The summed E-state index contributed by atoms with van der Waals surface area (Å²) in [5.74, 6) is 1.58. The van der Waals surface area contributed by atoms with Crippen LogP contribution in [0.5, 0.6) is 0 Å². The number of carbonyl (C=O) groups is 2. The zero-order valence-electron chi connectivity index (χ0n) is 10.4. The minimum absolute atomic E-state index is 0.0259. The van der Waals surface area contributed by atoms with Crippen molar-refractivity contribution in [2.45, 2.75) is 39.2 Å². The number of nitrogens with zero attached hydrogens (tertiary/aromatic N) is 1. The van der Waals surface area contributed by atoms with E-state index >= 15 is 0 Å². The van der Waals surface area contributed by atoms with Crippen molar-refractivity contribution in [2.75, 3.05) is 13.1 Å². The lowest BCUT2D eigenvalue weighted by Gasteiger charge is -2.26. The third-order valence-corrected chi connectivity index (χ3v) is 2.22. The molecule has 0 saturated carbocycles. The summed E-state index contributed by atoms with van der Waals surface area (Å²) in [6, 6.07) is -0.264. The van der Waals surface area contributed by atoms with Gasteiger partial charge in [0.05, 0.1) is 6.42 Å². The number of nitrogens with one attached hydrogen (secondary N) is 1. The van der Waals surface area contributed by atoms with Crippen molar-refractivity contribution in [3.05, 3.63) is 0 Å². The first kappa shape index (κ1) is 15.3. The van der Waals surface area contributed by atoms with E-state index in [-0.39, 0.29) is 25.0 Å². The Labute approximate surface area is 102 Å². The van der Waals surface area contributed by atoms with Gasteiger partial charge >= 0.3 is 12.0 Å². The second-order valence-corrected chi connectivity index (χ2v) is 3.97. The summed E-state index contributed by atoms with van der Waals surface area (Å²) in [4.78, 5) is 23.7. The van der Waals surface area contributed by atoms with Crippen molar-refractivity contribution in [1.29, 1.82) is 0 Å². The molecule has 0 spiro atoms. The van der Waals surface area contributed by atoms with Crippen molar-refractivity contribution >= 4 is 12.0 Å². The Morgan fingerprint density at radius 3 is 2.59 bits per heavy atom. The molecular formula is C12H20N2O3. The van der Waals surface area contributed by atoms with Crippen LogP contribution in [0.25, 0.3) is 0 Å². The summed E-state index contributed by atoms with van der Waals surface area (Å²) in [5, 5.41) is 11.3. The van der Waals surface area contributed by atoms with Crippen LogP contribution in [0.2, 0.25) is 0 Å². The van der Waals surface area contributed by atoms with Crippen LogP contribution in [0.1, 0.15) is 33.1 Å². The average molecular weight is 240 g/mol. The van der Waals surface area contributed by atoms with E-state index in [0.29, 0.717) is 13.0 Å². The third-order valence-electron chi connectivity index (χ3n) is 2.22. The predicted molar refractivity (Wildman–Crippen MR) is 65.6 cm³/mol. The highest BCUT2D eigenvalue weighted by Crippen LogP contribution is 2.01. The zero-order valence-corrected chi connectivity index (χ0v) is 10.4. The van der Waals surface area contributed by atoms with Crippen molar-refractivity contribution in [1.82, 2.24) is 10.2 Å². The predicted octanol–water partition coefficient (Wildman–Crippen LogP) is 1.29. The molecule has 0 rings (SSSR count). The van der Waals surface area contributed by atoms with Gasteiger partial charge in [-0.05, 0) is 20.3 Å².